The second-order valence-electron chi connectivity index (χ2n) is 6.06. The van der Waals surface area contributed by atoms with Crippen LogP contribution in [0.15, 0.2) is 29.2 Å². The van der Waals surface area contributed by atoms with E-state index >= 15 is 0 Å². The Morgan fingerprint density at radius 2 is 2.20 bits per heavy atom. The van der Waals surface area contributed by atoms with Crippen LogP contribution in [0.5, 0.6) is 0 Å². The van der Waals surface area contributed by atoms with Gasteiger partial charge < -0.3 is 14.7 Å². The standard InChI is InChI=1S/C17H23ClN2O4S/c1-12(25-15-6-4-3-5-14(15)18)17(23)20-7-8-24-13(10-20)9-19(2)11-16(21)22/h3-6,12-13H,7-11H2,1-2H3,(H,21,22). The van der Waals surface area contributed by atoms with E-state index in [-0.39, 0.29) is 23.8 Å². The number of rotatable bonds is 7. The fraction of sp³-hybridized carbons (Fsp3) is 0.529. The number of hydrogen-bond acceptors (Lipinski definition) is 5. The average molecular weight is 387 g/mol. The topological polar surface area (TPSA) is 70.1 Å². The molecule has 1 N–H and O–H groups in total. The van der Waals surface area contributed by atoms with Crippen LogP contribution in [0.3, 0.4) is 0 Å². The fourth-order valence-corrected chi connectivity index (χ4v) is 3.95. The summed E-state index contributed by atoms with van der Waals surface area (Å²) in [7, 11) is 1.73. The van der Waals surface area contributed by atoms with E-state index in [1.807, 2.05) is 31.2 Å². The molecule has 1 heterocycles. The van der Waals surface area contributed by atoms with Gasteiger partial charge in [-0.15, -0.1) is 11.8 Å². The molecule has 0 aliphatic carbocycles. The molecule has 1 saturated heterocycles. The number of hydrogen-bond donors (Lipinski definition) is 1. The Kier molecular flexibility index (Phi) is 7.56. The van der Waals surface area contributed by atoms with Crippen LogP contribution in [-0.4, -0.2) is 78.0 Å². The Balaban J connectivity index is 1.90. The van der Waals surface area contributed by atoms with Gasteiger partial charge in [-0.2, -0.15) is 0 Å². The first-order chi connectivity index (χ1) is 11.9. The molecule has 1 aliphatic rings. The molecular formula is C17H23ClN2O4S. The van der Waals surface area contributed by atoms with Gasteiger partial charge in [-0.25, -0.2) is 0 Å². The summed E-state index contributed by atoms with van der Waals surface area (Å²) < 4.78 is 5.67. The number of amides is 1. The lowest BCUT2D eigenvalue weighted by atomic mass is 10.2. The van der Waals surface area contributed by atoms with Gasteiger partial charge in [-0.1, -0.05) is 23.7 Å². The molecule has 1 fully saturated rings. The van der Waals surface area contributed by atoms with E-state index in [0.717, 1.165) is 4.90 Å². The third kappa shape index (κ3) is 6.18. The van der Waals surface area contributed by atoms with Gasteiger partial charge in [0, 0.05) is 24.5 Å². The molecule has 2 rings (SSSR count). The maximum atomic E-state index is 12.7. The fourth-order valence-electron chi connectivity index (χ4n) is 2.71. The summed E-state index contributed by atoms with van der Waals surface area (Å²) in [6.45, 7) is 3.77. The van der Waals surface area contributed by atoms with Crippen molar-refractivity contribution < 1.29 is 19.4 Å². The molecule has 0 radical (unpaired) electrons. The summed E-state index contributed by atoms with van der Waals surface area (Å²) in [4.78, 5) is 27.8. The molecule has 0 bridgehead atoms. The predicted molar refractivity (Wildman–Crippen MR) is 98.2 cm³/mol. The monoisotopic (exact) mass is 386 g/mol. The molecule has 8 heteroatoms. The van der Waals surface area contributed by atoms with Gasteiger partial charge in [0.05, 0.1) is 29.5 Å². The normalized spacial score (nSPS) is 19.0. The molecular weight excluding hydrogens is 364 g/mol. The summed E-state index contributed by atoms with van der Waals surface area (Å²) in [6.07, 6.45) is -0.181. The largest absolute Gasteiger partial charge is 0.480 e. The highest BCUT2D eigenvalue weighted by molar-refractivity contribution is 8.00. The Hall–Kier alpha value is -1.28. The minimum Gasteiger partial charge on any atom is -0.480 e. The summed E-state index contributed by atoms with van der Waals surface area (Å²) in [5.41, 5.74) is 0. The molecule has 2 atom stereocenters. The first kappa shape index (κ1) is 20.0. The minimum atomic E-state index is -0.879. The Labute approximate surface area is 157 Å². The second kappa shape index (κ2) is 9.43. The summed E-state index contributed by atoms with van der Waals surface area (Å²) >= 11 is 7.60. The summed E-state index contributed by atoms with van der Waals surface area (Å²) in [6, 6.07) is 7.47. The quantitative estimate of drug-likeness (QED) is 0.723. The van der Waals surface area contributed by atoms with Gasteiger partial charge in [0.2, 0.25) is 5.91 Å². The first-order valence-corrected chi connectivity index (χ1v) is 9.34. The van der Waals surface area contributed by atoms with Crippen molar-refractivity contribution >= 4 is 35.2 Å². The number of benzene rings is 1. The highest BCUT2D eigenvalue weighted by Gasteiger charge is 2.28. The molecule has 6 nitrogen and oxygen atoms in total. The number of carboxylic acid groups (broad SMARTS) is 1. The number of nitrogens with zero attached hydrogens (tertiary/aromatic N) is 2. The van der Waals surface area contributed by atoms with Crippen LogP contribution in [0.4, 0.5) is 0 Å². The summed E-state index contributed by atoms with van der Waals surface area (Å²) in [5.74, 6) is -0.838. The smallest absolute Gasteiger partial charge is 0.317 e. The van der Waals surface area contributed by atoms with Crippen LogP contribution >= 0.6 is 23.4 Å². The maximum absolute atomic E-state index is 12.7. The molecule has 1 aromatic carbocycles. The van der Waals surface area contributed by atoms with Crippen LogP contribution < -0.4 is 0 Å². The molecule has 25 heavy (non-hydrogen) atoms. The van der Waals surface area contributed by atoms with E-state index in [4.69, 9.17) is 21.4 Å². The van der Waals surface area contributed by atoms with Crippen LogP contribution in [0.1, 0.15) is 6.92 Å². The number of thioether (sulfide) groups is 1. The van der Waals surface area contributed by atoms with E-state index in [9.17, 15) is 9.59 Å². The van der Waals surface area contributed by atoms with Crippen LogP contribution in [-0.2, 0) is 14.3 Å². The number of aliphatic carboxylic acids is 1. The molecule has 138 valence electrons. The van der Waals surface area contributed by atoms with E-state index in [1.54, 1.807) is 16.8 Å². The Morgan fingerprint density at radius 3 is 2.88 bits per heavy atom. The van der Waals surface area contributed by atoms with E-state index in [1.165, 1.54) is 11.8 Å². The molecule has 0 spiro atoms. The molecule has 0 saturated carbocycles. The van der Waals surface area contributed by atoms with Gasteiger partial charge in [-0.05, 0) is 26.1 Å². The molecule has 2 unspecified atom stereocenters. The lowest BCUT2D eigenvalue weighted by Gasteiger charge is -2.35. The molecule has 1 aromatic rings. The van der Waals surface area contributed by atoms with Crippen LogP contribution in [0.2, 0.25) is 5.02 Å². The van der Waals surface area contributed by atoms with Gasteiger partial charge in [0.15, 0.2) is 0 Å². The van der Waals surface area contributed by atoms with Crippen LogP contribution in [0, 0.1) is 0 Å². The van der Waals surface area contributed by atoms with Crippen molar-refractivity contribution in [2.75, 3.05) is 39.8 Å². The third-order valence-corrected chi connectivity index (χ3v) is 5.47. The van der Waals surface area contributed by atoms with E-state index in [2.05, 4.69) is 0 Å². The zero-order valence-electron chi connectivity index (χ0n) is 14.4. The lowest BCUT2D eigenvalue weighted by molar-refractivity contribution is -0.141. The number of likely N-dealkylation sites (N-methyl/N-ethyl adjacent to an activating group) is 1. The SMILES string of the molecule is CC(Sc1ccccc1Cl)C(=O)N1CCOC(CN(C)CC(=O)O)C1. The van der Waals surface area contributed by atoms with Crippen molar-refractivity contribution in [2.45, 2.75) is 23.2 Å². The number of carboxylic acids is 1. The predicted octanol–water partition coefficient (Wildman–Crippen LogP) is 2.06. The minimum absolute atomic E-state index is 0.0408. The van der Waals surface area contributed by atoms with Gasteiger partial charge in [0.1, 0.15) is 0 Å². The van der Waals surface area contributed by atoms with Crippen molar-refractivity contribution in [3.8, 4) is 0 Å². The van der Waals surface area contributed by atoms with Gasteiger partial charge >= 0.3 is 5.97 Å². The Morgan fingerprint density at radius 1 is 1.48 bits per heavy atom. The highest BCUT2D eigenvalue weighted by Crippen LogP contribution is 2.31. The first-order valence-electron chi connectivity index (χ1n) is 8.08. The number of carbonyl (C=O) groups is 2. The van der Waals surface area contributed by atoms with Gasteiger partial charge in [0.25, 0.3) is 0 Å². The van der Waals surface area contributed by atoms with E-state index < -0.39 is 5.97 Å². The second-order valence-corrected chi connectivity index (χ2v) is 7.85. The molecule has 1 aliphatic heterocycles. The third-order valence-electron chi connectivity index (χ3n) is 3.86. The zero-order chi connectivity index (χ0) is 18.4. The van der Waals surface area contributed by atoms with Crippen molar-refractivity contribution in [2.24, 2.45) is 0 Å². The Bertz CT molecular complexity index is 616. The highest BCUT2D eigenvalue weighted by atomic mass is 35.5. The number of carbonyl (C=O) groups excluding carboxylic acids is 1. The van der Waals surface area contributed by atoms with Crippen molar-refractivity contribution in [3.63, 3.8) is 0 Å². The van der Waals surface area contributed by atoms with Crippen molar-refractivity contribution in [1.29, 1.82) is 0 Å². The maximum Gasteiger partial charge on any atom is 0.317 e. The van der Waals surface area contributed by atoms with Crippen molar-refractivity contribution in [3.05, 3.63) is 29.3 Å². The van der Waals surface area contributed by atoms with E-state index in [0.29, 0.717) is 31.3 Å². The number of halogens is 1. The lowest BCUT2D eigenvalue weighted by Crippen LogP contribution is -2.51. The van der Waals surface area contributed by atoms with Crippen molar-refractivity contribution in [1.82, 2.24) is 9.80 Å². The zero-order valence-corrected chi connectivity index (χ0v) is 15.9. The molecule has 1 amide bonds. The number of morpholine rings is 1. The number of ether oxygens (including phenoxy) is 1. The summed E-state index contributed by atoms with van der Waals surface area (Å²) in [5, 5.41) is 9.22. The average Bonchev–Trinajstić information content (AvgIpc) is 2.55. The van der Waals surface area contributed by atoms with Gasteiger partial charge in [-0.3, -0.25) is 14.5 Å². The molecule has 0 aromatic heterocycles. The van der Waals surface area contributed by atoms with Crippen LogP contribution in [0.25, 0.3) is 0 Å².